The minimum atomic E-state index is -0.777. The maximum Gasteiger partial charge on any atom is 0.317 e. The van der Waals surface area contributed by atoms with Gasteiger partial charge in [-0.15, -0.1) is 0 Å². The number of aliphatic carboxylic acids is 1. The second-order valence-electron chi connectivity index (χ2n) is 5.01. The Kier molecular flexibility index (Phi) is 4.70. The van der Waals surface area contributed by atoms with Gasteiger partial charge in [0.25, 0.3) is 0 Å². The lowest BCUT2D eigenvalue weighted by Crippen LogP contribution is -2.47. The zero-order valence-electron chi connectivity index (χ0n) is 11.3. The molecule has 1 aromatic carbocycles. The standard InChI is InChI=1S/C14H19N3O3/c15-14(20)12-3-1-11(2-4-12)9-16-5-7-17(8-6-16)10-13(18)19/h1-4H,5-10H2,(H2,15,20)(H,18,19). The Morgan fingerprint density at radius 2 is 1.60 bits per heavy atom. The van der Waals surface area contributed by atoms with E-state index in [1.54, 1.807) is 12.1 Å². The van der Waals surface area contributed by atoms with Crippen molar-refractivity contribution in [1.82, 2.24) is 9.80 Å². The molecule has 0 spiro atoms. The molecule has 1 heterocycles. The van der Waals surface area contributed by atoms with Crippen LogP contribution >= 0.6 is 0 Å². The number of rotatable bonds is 5. The van der Waals surface area contributed by atoms with Crippen LogP contribution in [0.25, 0.3) is 0 Å². The third-order valence-electron chi connectivity index (χ3n) is 3.47. The third kappa shape index (κ3) is 4.04. The molecule has 0 saturated carbocycles. The number of carboxylic acids is 1. The first-order valence-electron chi connectivity index (χ1n) is 6.60. The first-order valence-corrected chi connectivity index (χ1v) is 6.60. The number of primary amides is 1. The van der Waals surface area contributed by atoms with Crippen molar-refractivity contribution in [2.45, 2.75) is 6.54 Å². The average molecular weight is 277 g/mol. The SMILES string of the molecule is NC(=O)c1ccc(CN2CCN(CC(=O)O)CC2)cc1. The summed E-state index contributed by atoms with van der Waals surface area (Å²) in [5.74, 6) is -1.20. The van der Waals surface area contributed by atoms with Crippen LogP contribution in [0.4, 0.5) is 0 Å². The maximum absolute atomic E-state index is 11.0. The molecule has 1 saturated heterocycles. The Labute approximate surface area is 117 Å². The van der Waals surface area contributed by atoms with Crippen LogP contribution in [0.2, 0.25) is 0 Å². The zero-order valence-corrected chi connectivity index (χ0v) is 11.3. The number of carbonyl (C=O) groups is 2. The molecule has 0 radical (unpaired) electrons. The van der Waals surface area contributed by atoms with E-state index in [0.29, 0.717) is 5.56 Å². The van der Waals surface area contributed by atoms with E-state index in [1.807, 2.05) is 17.0 Å². The molecular weight excluding hydrogens is 258 g/mol. The van der Waals surface area contributed by atoms with Crippen LogP contribution in [0.1, 0.15) is 15.9 Å². The number of nitrogens with two attached hydrogens (primary N) is 1. The van der Waals surface area contributed by atoms with E-state index in [-0.39, 0.29) is 6.54 Å². The molecule has 2 rings (SSSR count). The highest BCUT2D eigenvalue weighted by Crippen LogP contribution is 2.10. The van der Waals surface area contributed by atoms with Gasteiger partial charge in [-0.2, -0.15) is 0 Å². The van der Waals surface area contributed by atoms with Gasteiger partial charge in [0.05, 0.1) is 6.54 Å². The van der Waals surface area contributed by atoms with Gasteiger partial charge in [-0.3, -0.25) is 19.4 Å². The summed E-state index contributed by atoms with van der Waals surface area (Å²) in [5.41, 5.74) is 6.84. The predicted octanol–water partition coefficient (Wildman–Crippen LogP) is -0.0123. The van der Waals surface area contributed by atoms with Crippen LogP contribution in [0.5, 0.6) is 0 Å². The van der Waals surface area contributed by atoms with Gasteiger partial charge < -0.3 is 10.8 Å². The van der Waals surface area contributed by atoms with Crippen molar-refractivity contribution in [3.8, 4) is 0 Å². The predicted molar refractivity (Wildman–Crippen MR) is 74.3 cm³/mol. The molecular formula is C14H19N3O3. The fourth-order valence-corrected chi connectivity index (χ4v) is 2.33. The largest absolute Gasteiger partial charge is 0.480 e. The highest BCUT2D eigenvalue weighted by atomic mass is 16.4. The molecule has 1 aromatic rings. The van der Waals surface area contributed by atoms with Crippen molar-refractivity contribution in [3.05, 3.63) is 35.4 Å². The van der Waals surface area contributed by atoms with Crippen molar-refractivity contribution in [2.24, 2.45) is 5.73 Å². The van der Waals surface area contributed by atoms with Crippen molar-refractivity contribution in [2.75, 3.05) is 32.7 Å². The number of hydrogen-bond acceptors (Lipinski definition) is 4. The van der Waals surface area contributed by atoms with Gasteiger partial charge >= 0.3 is 5.97 Å². The van der Waals surface area contributed by atoms with Crippen molar-refractivity contribution < 1.29 is 14.7 Å². The summed E-state index contributed by atoms with van der Waals surface area (Å²) in [4.78, 5) is 25.8. The van der Waals surface area contributed by atoms with Crippen LogP contribution in [-0.2, 0) is 11.3 Å². The molecule has 6 nitrogen and oxygen atoms in total. The number of carbonyl (C=O) groups excluding carboxylic acids is 1. The summed E-state index contributed by atoms with van der Waals surface area (Å²) in [7, 11) is 0. The van der Waals surface area contributed by atoms with Crippen molar-refractivity contribution in [1.29, 1.82) is 0 Å². The molecule has 1 aliphatic heterocycles. The summed E-state index contributed by atoms with van der Waals surface area (Å²) >= 11 is 0. The van der Waals surface area contributed by atoms with Gasteiger partial charge in [-0.1, -0.05) is 12.1 Å². The molecule has 3 N–H and O–H groups in total. The first kappa shape index (κ1) is 14.5. The molecule has 20 heavy (non-hydrogen) atoms. The zero-order chi connectivity index (χ0) is 14.5. The molecule has 0 bridgehead atoms. The smallest absolute Gasteiger partial charge is 0.317 e. The van der Waals surface area contributed by atoms with E-state index in [4.69, 9.17) is 10.8 Å². The molecule has 6 heteroatoms. The lowest BCUT2D eigenvalue weighted by molar-refractivity contribution is -0.138. The van der Waals surface area contributed by atoms with Crippen LogP contribution < -0.4 is 5.73 Å². The molecule has 0 aromatic heterocycles. The molecule has 0 aliphatic carbocycles. The van der Waals surface area contributed by atoms with Crippen LogP contribution in [0, 0.1) is 0 Å². The van der Waals surface area contributed by atoms with Gasteiger partial charge in [-0.05, 0) is 17.7 Å². The average Bonchev–Trinajstić information content (AvgIpc) is 2.41. The van der Waals surface area contributed by atoms with Crippen molar-refractivity contribution >= 4 is 11.9 Å². The second kappa shape index (κ2) is 6.49. The quantitative estimate of drug-likeness (QED) is 0.790. The number of piperazine rings is 1. The molecule has 108 valence electrons. The van der Waals surface area contributed by atoms with Crippen LogP contribution in [0.3, 0.4) is 0 Å². The van der Waals surface area contributed by atoms with E-state index < -0.39 is 11.9 Å². The second-order valence-corrected chi connectivity index (χ2v) is 5.01. The summed E-state index contributed by atoms with van der Waals surface area (Å²) in [5, 5.41) is 8.74. The number of amides is 1. The normalized spacial score (nSPS) is 17.0. The minimum Gasteiger partial charge on any atom is -0.480 e. The number of nitrogens with zero attached hydrogens (tertiary/aromatic N) is 2. The fourth-order valence-electron chi connectivity index (χ4n) is 2.33. The molecule has 1 fully saturated rings. The van der Waals surface area contributed by atoms with E-state index in [2.05, 4.69) is 4.90 Å². The topological polar surface area (TPSA) is 86.9 Å². The van der Waals surface area contributed by atoms with Crippen molar-refractivity contribution in [3.63, 3.8) is 0 Å². The van der Waals surface area contributed by atoms with Crippen LogP contribution in [0.15, 0.2) is 24.3 Å². The Hall–Kier alpha value is -1.92. The number of carboxylic acid groups (broad SMARTS) is 1. The van der Waals surface area contributed by atoms with E-state index in [1.165, 1.54) is 0 Å². The van der Waals surface area contributed by atoms with Gasteiger partial charge in [0, 0.05) is 38.3 Å². The van der Waals surface area contributed by atoms with E-state index in [9.17, 15) is 9.59 Å². The van der Waals surface area contributed by atoms with Gasteiger partial charge in [-0.25, -0.2) is 0 Å². The van der Waals surface area contributed by atoms with E-state index in [0.717, 1.165) is 38.3 Å². The fraction of sp³-hybridized carbons (Fsp3) is 0.429. The van der Waals surface area contributed by atoms with Gasteiger partial charge in [0.2, 0.25) is 5.91 Å². The summed E-state index contributed by atoms with van der Waals surface area (Å²) in [6.45, 7) is 4.16. The maximum atomic E-state index is 11.0. The van der Waals surface area contributed by atoms with Gasteiger partial charge in [0.15, 0.2) is 0 Å². The molecule has 0 unspecified atom stereocenters. The molecule has 1 amide bonds. The summed E-state index contributed by atoms with van der Waals surface area (Å²) < 4.78 is 0. The van der Waals surface area contributed by atoms with Crippen LogP contribution in [-0.4, -0.2) is 59.5 Å². The highest BCUT2D eigenvalue weighted by molar-refractivity contribution is 5.92. The first-order chi connectivity index (χ1) is 9.54. The monoisotopic (exact) mass is 277 g/mol. The van der Waals surface area contributed by atoms with E-state index >= 15 is 0 Å². The third-order valence-corrected chi connectivity index (χ3v) is 3.47. The Morgan fingerprint density at radius 1 is 1.05 bits per heavy atom. The summed E-state index contributed by atoms with van der Waals surface area (Å²) in [6, 6.07) is 7.28. The highest BCUT2D eigenvalue weighted by Gasteiger charge is 2.18. The number of hydrogen-bond donors (Lipinski definition) is 2. The Morgan fingerprint density at radius 3 is 2.10 bits per heavy atom. The summed E-state index contributed by atoms with van der Waals surface area (Å²) in [6.07, 6.45) is 0. The lowest BCUT2D eigenvalue weighted by Gasteiger charge is -2.33. The Balaban J connectivity index is 1.83. The minimum absolute atomic E-state index is 0.112. The molecule has 0 atom stereocenters. The lowest BCUT2D eigenvalue weighted by atomic mass is 10.1. The molecule has 1 aliphatic rings. The Bertz CT molecular complexity index is 479. The number of benzene rings is 1. The van der Waals surface area contributed by atoms with Gasteiger partial charge in [0.1, 0.15) is 0 Å².